The quantitative estimate of drug-likeness (QED) is 0.208. The van der Waals surface area contributed by atoms with E-state index in [4.69, 9.17) is 4.74 Å². The van der Waals surface area contributed by atoms with Crippen molar-refractivity contribution in [2.24, 2.45) is 4.99 Å². The van der Waals surface area contributed by atoms with Gasteiger partial charge in [0.2, 0.25) is 0 Å². The largest absolute Gasteiger partial charge is 0.383 e. The number of nitrogens with zero attached hydrogens (tertiary/aromatic N) is 2. The third-order valence-corrected chi connectivity index (χ3v) is 2.79. The highest BCUT2D eigenvalue weighted by Crippen LogP contribution is 2.14. The number of nitro groups is 1. The van der Waals surface area contributed by atoms with Crippen LogP contribution in [0.25, 0.3) is 0 Å². The third-order valence-electron chi connectivity index (χ3n) is 2.79. The van der Waals surface area contributed by atoms with Crippen molar-refractivity contribution in [3.8, 4) is 0 Å². The van der Waals surface area contributed by atoms with Crippen LogP contribution in [0, 0.1) is 10.1 Å². The van der Waals surface area contributed by atoms with E-state index in [1.54, 1.807) is 19.2 Å². The summed E-state index contributed by atoms with van der Waals surface area (Å²) >= 11 is 0. The molecule has 3 N–H and O–H groups in total. The Balaban J connectivity index is 2.21. The van der Waals surface area contributed by atoms with Crippen LogP contribution in [0.4, 0.5) is 11.4 Å². The van der Waals surface area contributed by atoms with Gasteiger partial charge in [0.15, 0.2) is 5.96 Å². The molecule has 0 amide bonds. The van der Waals surface area contributed by atoms with Gasteiger partial charge in [0.05, 0.1) is 11.5 Å². The maximum absolute atomic E-state index is 10.6. The molecule has 22 heavy (non-hydrogen) atoms. The lowest BCUT2D eigenvalue weighted by Crippen LogP contribution is -2.40. The summed E-state index contributed by atoms with van der Waals surface area (Å²) in [5.41, 5.74) is 0.925. The summed E-state index contributed by atoms with van der Waals surface area (Å²) in [4.78, 5) is 14.2. The molecule has 0 heterocycles. The number of nitro benzene ring substituents is 1. The van der Waals surface area contributed by atoms with E-state index in [0.717, 1.165) is 5.69 Å². The molecule has 1 aromatic carbocycles. The zero-order valence-electron chi connectivity index (χ0n) is 13.0. The van der Waals surface area contributed by atoms with Gasteiger partial charge in [0.25, 0.3) is 5.69 Å². The number of anilines is 1. The average molecular weight is 309 g/mol. The molecule has 0 aliphatic rings. The number of rotatable bonds is 9. The lowest BCUT2D eigenvalue weighted by Gasteiger charge is -2.12. The SMILES string of the molecule is CCOCCNC(=NC)NCCNc1ccc([N+](=O)[O-])cc1. The Morgan fingerprint density at radius 3 is 2.50 bits per heavy atom. The monoisotopic (exact) mass is 309 g/mol. The second-order valence-corrected chi connectivity index (χ2v) is 4.35. The fraction of sp³-hybridized carbons (Fsp3) is 0.500. The Labute approximate surface area is 130 Å². The first-order valence-corrected chi connectivity index (χ1v) is 7.18. The molecule has 0 aliphatic carbocycles. The van der Waals surface area contributed by atoms with Crippen LogP contribution in [0.3, 0.4) is 0 Å². The van der Waals surface area contributed by atoms with Gasteiger partial charge in [-0.2, -0.15) is 0 Å². The van der Waals surface area contributed by atoms with Gasteiger partial charge in [-0.15, -0.1) is 0 Å². The molecule has 0 bridgehead atoms. The van der Waals surface area contributed by atoms with Crippen molar-refractivity contribution in [1.29, 1.82) is 0 Å². The van der Waals surface area contributed by atoms with Crippen LogP contribution in [0.5, 0.6) is 0 Å². The van der Waals surface area contributed by atoms with Gasteiger partial charge in [-0.05, 0) is 19.1 Å². The number of ether oxygens (including phenoxy) is 1. The Morgan fingerprint density at radius 1 is 1.23 bits per heavy atom. The summed E-state index contributed by atoms with van der Waals surface area (Å²) in [6.45, 7) is 5.33. The van der Waals surface area contributed by atoms with Crippen molar-refractivity contribution in [3.63, 3.8) is 0 Å². The van der Waals surface area contributed by atoms with Gasteiger partial charge in [0, 0.05) is 51.1 Å². The van der Waals surface area contributed by atoms with Gasteiger partial charge in [-0.3, -0.25) is 15.1 Å². The first kappa shape index (κ1) is 17.7. The normalized spacial score (nSPS) is 11.1. The number of nitrogens with one attached hydrogen (secondary N) is 3. The second-order valence-electron chi connectivity index (χ2n) is 4.35. The minimum Gasteiger partial charge on any atom is -0.383 e. The van der Waals surface area contributed by atoms with Crippen LogP contribution in [0.15, 0.2) is 29.3 Å². The molecule has 1 rings (SSSR count). The molecular formula is C14H23N5O3. The summed E-state index contributed by atoms with van der Waals surface area (Å²) < 4.78 is 5.23. The number of non-ortho nitro benzene ring substituents is 1. The van der Waals surface area contributed by atoms with E-state index < -0.39 is 4.92 Å². The Hall–Kier alpha value is -2.35. The smallest absolute Gasteiger partial charge is 0.269 e. The minimum absolute atomic E-state index is 0.0857. The number of hydrogen-bond acceptors (Lipinski definition) is 5. The van der Waals surface area contributed by atoms with Crippen molar-refractivity contribution in [2.75, 3.05) is 45.2 Å². The highest BCUT2D eigenvalue weighted by atomic mass is 16.6. The third kappa shape index (κ3) is 6.89. The second kappa shape index (κ2) is 10.4. The first-order valence-electron chi connectivity index (χ1n) is 7.18. The van der Waals surface area contributed by atoms with E-state index in [-0.39, 0.29) is 5.69 Å². The summed E-state index contributed by atoms with van der Waals surface area (Å²) in [6, 6.07) is 6.33. The predicted octanol–water partition coefficient (Wildman–Crippen LogP) is 1.21. The molecule has 0 saturated carbocycles. The molecule has 0 atom stereocenters. The van der Waals surface area contributed by atoms with Gasteiger partial charge < -0.3 is 20.7 Å². The van der Waals surface area contributed by atoms with Crippen molar-refractivity contribution >= 4 is 17.3 Å². The maximum atomic E-state index is 10.6. The molecular weight excluding hydrogens is 286 g/mol. The fourth-order valence-corrected chi connectivity index (χ4v) is 1.70. The van der Waals surface area contributed by atoms with Crippen molar-refractivity contribution in [3.05, 3.63) is 34.4 Å². The van der Waals surface area contributed by atoms with Crippen molar-refractivity contribution < 1.29 is 9.66 Å². The molecule has 0 aliphatic heterocycles. The van der Waals surface area contributed by atoms with Crippen molar-refractivity contribution in [1.82, 2.24) is 10.6 Å². The van der Waals surface area contributed by atoms with E-state index in [0.29, 0.717) is 38.8 Å². The predicted molar refractivity (Wildman–Crippen MR) is 87.4 cm³/mol. The first-order chi connectivity index (χ1) is 10.7. The molecule has 8 nitrogen and oxygen atoms in total. The van der Waals surface area contributed by atoms with E-state index in [1.807, 2.05) is 6.92 Å². The summed E-state index contributed by atoms with van der Waals surface area (Å²) in [6.07, 6.45) is 0. The molecule has 0 unspecified atom stereocenters. The topological polar surface area (TPSA) is 101 Å². The van der Waals surface area contributed by atoms with Crippen LogP contribution in [0.1, 0.15) is 6.92 Å². The van der Waals surface area contributed by atoms with Crippen LogP contribution in [-0.2, 0) is 4.74 Å². The van der Waals surface area contributed by atoms with Gasteiger partial charge in [0.1, 0.15) is 0 Å². The number of hydrogen-bond donors (Lipinski definition) is 3. The van der Waals surface area contributed by atoms with E-state index in [2.05, 4.69) is 20.9 Å². The standard InChI is InChI=1S/C14H23N5O3/c1-3-22-11-10-18-14(15-2)17-9-8-16-12-4-6-13(7-5-12)19(20)21/h4-7,16H,3,8-11H2,1-2H3,(H2,15,17,18). The molecule has 0 radical (unpaired) electrons. The highest BCUT2D eigenvalue weighted by Gasteiger charge is 2.03. The zero-order valence-corrected chi connectivity index (χ0v) is 13.0. The fourth-order valence-electron chi connectivity index (χ4n) is 1.70. The molecule has 1 aromatic rings. The molecule has 8 heteroatoms. The van der Waals surface area contributed by atoms with Crippen LogP contribution >= 0.6 is 0 Å². The summed E-state index contributed by atoms with van der Waals surface area (Å²) in [5.74, 6) is 0.713. The van der Waals surface area contributed by atoms with Crippen molar-refractivity contribution in [2.45, 2.75) is 6.92 Å². The number of aliphatic imine (C=N–C) groups is 1. The lowest BCUT2D eigenvalue weighted by atomic mass is 10.3. The molecule has 0 spiro atoms. The Kier molecular flexibility index (Phi) is 8.36. The van der Waals surface area contributed by atoms with Crippen LogP contribution < -0.4 is 16.0 Å². The molecule has 122 valence electrons. The molecule has 0 saturated heterocycles. The highest BCUT2D eigenvalue weighted by molar-refractivity contribution is 5.79. The Morgan fingerprint density at radius 2 is 1.91 bits per heavy atom. The minimum atomic E-state index is -0.413. The summed E-state index contributed by atoms with van der Waals surface area (Å²) in [5, 5.41) is 20.0. The van der Waals surface area contributed by atoms with Gasteiger partial charge in [-0.25, -0.2) is 0 Å². The lowest BCUT2D eigenvalue weighted by molar-refractivity contribution is -0.384. The van der Waals surface area contributed by atoms with Crippen LogP contribution in [-0.4, -0.2) is 50.8 Å². The zero-order chi connectivity index (χ0) is 16.2. The maximum Gasteiger partial charge on any atom is 0.269 e. The Bertz CT molecular complexity index is 476. The molecule has 0 fully saturated rings. The average Bonchev–Trinajstić information content (AvgIpc) is 2.53. The van der Waals surface area contributed by atoms with Gasteiger partial charge in [-0.1, -0.05) is 0 Å². The number of guanidine groups is 1. The van der Waals surface area contributed by atoms with E-state index >= 15 is 0 Å². The van der Waals surface area contributed by atoms with Gasteiger partial charge >= 0.3 is 0 Å². The molecule has 0 aromatic heterocycles. The summed E-state index contributed by atoms with van der Waals surface area (Å²) in [7, 11) is 1.71. The van der Waals surface area contributed by atoms with Crippen LogP contribution in [0.2, 0.25) is 0 Å². The van der Waals surface area contributed by atoms with E-state index in [1.165, 1.54) is 12.1 Å². The van der Waals surface area contributed by atoms with E-state index in [9.17, 15) is 10.1 Å². The number of benzene rings is 1.